The molecule has 5 rings (SSSR count). The smallest absolute Gasteiger partial charge is 0.300 e. The van der Waals surface area contributed by atoms with E-state index in [0.29, 0.717) is 30.0 Å². The van der Waals surface area contributed by atoms with Gasteiger partial charge in [0.15, 0.2) is 0 Å². The van der Waals surface area contributed by atoms with Gasteiger partial charge >= 0.3 is 0 Å². The van der Waals surface area contributed by atoms with Crippen molar-refractivity contribution in [3.8, 4) is 11.5 Å². The van der Waals surface area contributed by atoms with Gasteiger partial charge in [-0.25, -0.2) is 0 Å². The average molecular weight is 442 g/mol. The summed E-state index contributed by atoms with van der Waals surface area (Å²) < 4.78 is 5.67. The quantitative estimate of drug-likeness (QED) is 0.364. The second kappa shape index (κ2) is 8.02. The minimum Gasteiger partial charge on any atom is -0.507 e. The number of ketones is 1. The number of hydrogen-bond donors (Lipinski definition) is 2. The van der Waals surface area contributed by atoms with Crippen LogP contribution in [0.5, 0.6) is 11.5 Å². The molecule has 2 heterocycles. The maximum absolute atomic E-state index is 13.2. The van der Waals surface area contributed by atoms with Crippen molar-refractivity contribution < 1.29 is 24.5 Å². The number of carbonyl (C=O) groups excluding carboxylic acids is 2. The van der Waals surface area contributed by atoms with Crippen molar-refractivity contribution in [3.05, 3.63) is 89.5 Å². The van der Waals surface area contributed by atoms with Gasteiger partial charge < -0.3 is 19.8 Å². The van der Waals surface area contributed by atoms with Crippen molar-refractivity contribution in [3.63, 3.8) is 0 Å². The summed E-state index contributed by atoms with van der Waals surface area (Å²) in [5.41, 5.74) is 2.00. The zero-order valence-electron chi connectivity index (χ0n) is 17.9. The molecule has 166 valence electrons. The number of phenols is 1. The topological polar surface area (TPSA) is 90.3 Å². The number of phenolic OH excluding ortho intramolecular Hbond substituents is 1. The van der Waals surface area contributed by atoms with Crippen molar-refractivity contribution >= 4 is 28.8 Å². The highest BCUT2D eigenvalue weighted by Crippen LogP contribution is 2.45. The van der Waals surface area contributed by atoms with Crippen LogP contribution in [0.4, 0.5) is 11.4 Å². The Morgan fingerprint density at radius 3 is 2.45 bits per heavy atom. The van der Waals surface area contributed by atoms with Gasteiger partial charge in [0.25, 0.3) is 11.7 Å². The molecule has 7 nitrogen and oxygen atoms in total. The largest absolute Gasteiger partial charge is 0.507 e. The molecule has 2 N–H and O–H groups in total. The zero-order valence-corrected chi connectivity index (χ0v) is 17.9. The second-order valence-electron chi connectivity index (χ2n) is 8.02. The number of carbonyl (C=O) groups is 2. The maximum atomic E-state index is 13.2. The Bertz CT molecular complexity index is 1280. The Balaban J connectivity index is 1.71. The lowest BCUT2D eigenvalue weighted by atomic mass is 9.95. The Labute approximate surface area is 190 Å². The molecule has 1 atom stereocenters. The van der Waals surface area contributed by atoms with Crippen LogP contribution in [0.15, 0.2) is 78.4 Å². The molecule has 2 aliphatic heterocycles. The fraction of sp³-hybridized carbons (Fsp3) is 0.154. The number of aliphatic hydroxyl groups is 1. The van der Waals surface area contributed by atoms with E-state index in [9.17, 15) is 19.8 Å². The van der Waals surface area contributed by atoms with Gasteiger partial charge in [0.05, 0.1) is 29.5 Å². The Morgan fingerprint density at radius 2 is 1.70 bits per heavy atom. The van der Waals surface area contributed by atoms with Gasteiger partial charge in [0.2, 0.25) is 0 Å². The number of aromatic hydroxyl groups is 1. The predicted molar refractivity (Wildman–Crippen MR) is 125 cm³/mol. The fourth-order valence-corrected chi connectivity index (χ4v) is 4.35. The van der Waals surface area contributed by atoms with E-state index in [1.165, 1.54) is 11.0 Å². The van der Waals surface area contributed by atoms with Crippen LogP contribution in [0.1, 0.15) is 17.2 Å². The lowest BCUT2D eigenvalue weighted by molar-refractivity contribution is -0.132. The lowest BCUT2D eigenvalue weighted by Gasteiger charge is -2.28. The number of amides is 1. The number of benzene rings is 3. The normalized spacial score (nSPS) is 19.4. The van der Waals surface area contributed by atoms with E-state index in [1.54, 1.807) is 60.7 Å². The minimum absolute atomic E-state index is 0.0335. The van der Waals surface area contributed by atoms with Crippen molar-refractivity contribution in [2.24, 2.45) is 0 Å². The number of rotatable bonds is 3. The van der Waals surface area contributed by atoms with E-state index < -0.39 is 17.7 Å². The lowest BCUT2D eigenvalue weighted by Crippen LogP contribution is -2.29. The van der Waals surface area contributed by atoms with Gasteiger partial charge in [-0.2, -0.15) is 0 Å². The molecule has 0 spiro atoms. The van der Waals surface area contributed by atoms with Gasteiger partial charge in [-0.3, -0.25) is 14.5 Å². The number of nitrogens with zero attached hydrogens (tertiary/aromatic N) is 2. The predicted octanol–water partition coefficient (Wildman–Crippen LogP) is 3.85. The van der Waals surface area contributed by atoms with E-state index in [4.69, 9.17) is 4.74 Å². The van der Waals surface area contributed by atoms with Crippen LogP contribution in [0.3, 0.4) is 0 Å². The molecular formula is C26H22N2O5. The molecule has 0 radical (unpaired) electrons. The summed E-state index contributed by atoms with van der Waals surface area (Å²) in [5, 5.41) is 21.8. The number of para-hydroxylation sites is 2. The van der Waals surface area contributed by atoms with E-state index in [0.717, 1.165) is 5.69 Å². The van der Waals surface area contributed by atoms with Crippen LogP contribution < -0.4 is 14.5 Å². The van der Waals surface area contributed by atoms with Crippen LogP contribution >= 0.6 is 0 Å². The summed E-state index contributed by atoms with van der Waals surface area (Å²) >= 11 is 0. The van der Waals surface area contributed by atoms with E-state index in [2.05, 4.69) is 0 Å². The average Bonchev–Trinajstić information content (AvgIpc) is 3.10. The zero-order chi connectivity index (χ0) is 23.1. The molecule has 0 aromatic heterocycles. The molecule has 3 aromatic carbocycles. The summed E-state index contributed by atoms with van der Waals surface area (Å²) in [6, 6.07) is 19.6. The fourth-order valence-electron chi connectivity index (χ4n) is 4.35. The third-order valence-corrected chi connectivity index (χ3v) is 6.03. The van der Waals surface area contributed by atoms with Gasteiger partial charge in [0, 0.05) is 12.6 Å². The Morgan fingerprint density at radius 1 is 0.970 bits per heavy atom. The Kier molecular flexibility index (Phi) is 5.01. The summed E-state index contributed by atoms with van der Waals surface area (Å²) in [4.78, 5) is 29.6. The van der Waals surface area contributed by atoms with Crippen molar-refractivity contribution in [1.29, 1.82) is 0 Å². The number of fused-ring (bicyclic) bond motifs is 1. The van der Waals surface area contributed by atoms with Gasteiger partial charge in [-0.1, -0.05) is 42.5 Å². The summed E-state index contributed by atoms with van der Waals surface area (Å²) in [6.45, 7) is 1.26. The molecule has 1 unspecified atom stereocenters. The third kappa shape index (κ3) is 3.38. The number of anilines is 2. The van der Waals surface area contributed by atoms with Crippen LogP contribution in [-0.2, 0) is 9.59 Å². The molecule has 1 saturated heterocycles. The van der Waals surface area contributed by atoms with Gasteiger partial charge in [-0.15, -0.1) is 0 Å². The summed E-state index contributed by atoms with van der Waals surface area (Å²) in [7, 11) is 1.92. The van der Waals surface area contributed by atoms with E-state index in [-0.39, 0.29) is 22.8 Å². The highest BCUT2D eigenvalue weighted by atomic mass is 16.5. The third-order valence-electron chi connectivity index (χ3n) is 6.03. The molecule has 3 aromatic rings. The highest BCUT2D eigenvalue weighted by molar-refractivity contribution is 6.51. The highest BCUT2D eigenvalue weighted by Gasteiger charge is 2.47. The molecule has 1 amide bonds. The molecule has 0 saturated carbocycles. The van der Waals surface area contributed by atoms with Crippen LogP contribution in [-0.4, -0.2) is 42.1 Å². The first kappa shape index (κ1) is 20.6. The van der Waals surface area contributed by atoms with Crippen molar-refractivity contribution in [2.45, 2.75) is 6.04 Å². The number of likely N-dealkylation sites (N-methyl/N-ethyl adjacent to an activating group) is 1. The number of aliphatic hydroxyl groups excluding tert-OH is 1. The molecular weight excluding hydrogens is 420 g/mol. The van der Waals surface area contributed by atoms with E-state index in [1.807, 2.05) is 18.0 Å². The van der Waals surface area contributed by atoms with Gasteiger partial charge in [-0.05, 0) is 35.9 Å². The molecule has 0 bridgehead atoms. The van der Waals surface area contributed by atoms with Gasteiger partial charge in [0.1, 0.15) is 23.9 Å². The van der Waals surface area contributed by atoms with Crippen molar-refractivity contribution in [1.82, 2.24) is 0 Å². The van der Waals surface area contributed by atoms with Crippen LogP contribution in [0.25, 0.3) is 5.76 Å². The minimum atomic E-state index is -0.899. The standard InChI is InChI=1S/C26H22N2O5/c1-27-13-14-33-21-12-11-17(15-19(21)27)24(30)22-23(16-7-3-2-4-8-16)28(26(32)25(22)31)18-9-5-6-10-20(18)29/h2-12,15,23,29-30H,13-14H2,1H3/b24-22-. The monoisotopic (exact) mass is 442 g/mol. The summed E-state index contributed by atoms with van der Waals surface area (Å²) in [5.74, 6) is -1.35. The first-order valence-corrected chi connectivity index (χ1v) is 10.6. The van der Waals surface area contributed by atoms with Crippen molar-refractivity contribution in [2.75, 3.05) is 30.0 Å². The summed E-state index contributed by atoms with van der Waals surface area (Å²) in [6.07, 6.45) is 0. The molecule has 2 aliphatic rings. The van der Waals surface area contributed by atoms with Crippen LogP contribution in [0, 0.1) is 0 Å². The van der Waals surface area contributed by atoms with E-state index >= 15 is 0 Å². The first-order chi connectivity index (χ1) is 16.0. The molecule has 1 fully saturated rings. The number of ether oxygens (including phenoxy) is 1. The molecule has 33 heavy (non-hydrogen) atoms. The molecule has 0 aliphatic carbocycles. The Hall–Kier alpha value is -4.26. The first-order valence-electron chi connectivity index (χ1n) is 10.6. The second-order valence-corrected chi connectivity index (χ2v) is 8.02. The van der Waals surface area contributed by atoms with Crippen LogP contribution in [0.2, 0.25) is 0 Å². The molecule has 7 heteroatoms. The number of hydrogen-bond acceptors (Lipinski definition) is 6. The number of Topliss-reactive ketones (excluding diaryl/α,β-unsaturated/α-hetero) is 1. The maximum Gasteiger partial charge on any atom is 0.300 e. The SMILES string of the molecule is CN1CCOc2ccc(/C(O)=C3/C(=O)C(=O)N(c4ccccc4O)C3c3ccccc3)cc21.